The zero-order chi connectivity index (χ0) is 24.4. The van der Waals surface area contributed by atoms with Gasteiger partial charge in [-0.2, -0.15) is 0 Å². The lowest BCUT2D eigenvalue weighted by Crippen LogP contribution is -2.30. The van der Waals surface area contributed by atoms with Gasteiger partial charge < -0.3 is 19.3 Å². The fourth-order valence-electron chi connectivity index (χ4n) is 3.51. The predicted molar refractivity (Wildman–Crippen MR) is 118 cm³/mol. The van der Waals surface area contributed by atoms with Crippen LogP contribution in [0.5, 0.6) is 5.75 Å². The number of nitrogens with zero attached hydrogens (tertiary/aromatic N) is 2. The van der Waals surface area contributed by atoms with Gasteiger partial charge in [0.2, 0.25) is 0 Å². The van der Waals surface area contributed by atoms with Crippen molar-refractivity contribution in [1.29, 1.82) is 0 Å². The Morgan fingerprint density at radius 3 is 2.35 bits per heavy atom. The number of esters is 1. The minimum atomic E-state index is -1.14. The number of imide groups is 1. The summed E-state index contributed by atoms with van der Waals surface area (Å²) < 4.78 is 15.4. The molecule has 0 fully saturated rings. The molecule has 0 aliphatic carbocycles. The summed E-state index contributed by atoms with van der Waals surface area (Å²) in [7, 11) is 1.39. The Balaban J connectivity index is 1.49. The van der Waals surface area contributed by atoms with Crippen LogP contribution in [0.4, 0.5) is 5.82 Å². The Bertz CT molecular complexity index is 1260. The first-order valence-electron chi connectivity index (χ1n) is 10.4. The maximum absolute atomic E-state index is 12.8. The van der Waals surface area contributed by atoms with Crippen LogP contribution >= 0.6 is 0 Å². The molecule has 34 heavy (non-hydrogen) atoms. The minimum Gasteiger partial charge on any atom is -0.496 e. The largest absolute Gasteiger partial charge is 0.496 e. The van der Waals surface area contributed by atoms with Gasteiger partial charge in [-0.3, -0.25) is 19.3 Å². The number of hydrogen-bond donors (Lipinski definition) is 1. The Labute approximate surface area is 194 Å². The standard InChI is InChI=1S/C24H21N3O7/c1-13-10-20(26-34-13)25-21(28)14(2)33-24(31)18-11-15(8-9-19(18)32-3)12-27-22(29)16-6-4-5-7-17(16)23(27)30/h4-11,14H,12H2,1-3H3,(H,25,26,28). The third-order valence-corrected chi connectivity index (χ3v) is 5.23. The van der Waals surface area contributed by atoms with Crippen molar-refractivity contribution < 1.29 is 33.2 Å². The summed E-state index contributed by atoms with van der Waals surface area (Å²) in [6, 6.07) is 12.7. The number of anilines is 1. The maximum atomic E-state index is 12.8. The van der Waals surface area contributed by atoms with E-state index < -0.39 is 29.8 Å². The van der Waals surface area contributed by atoms with Crippen molar-refractivity contribution in [2.45, 2.75) is 26.5 Å². The lowest BCUT2D eigenvalue weighted by molar-refractivity contribution is -0.123. The molecule has 1 atom stereocenters. The van der Waals surface area contributed by atoms with Gasteiger partial charge in [-0.25, -0.2) is 4.79 Å². The molecule has 0 saturated carbocycles. The zero-order valence-electron chi connectivity index (χ0n) is 18.7. The van der Waals surface area contributed by atoms with Gasteiger partial charge in [0, 0.05) is 6.07 Å². The van der Waals surface area contributed by atoms with Gasteiger partial charge in [0.1, 0.15) is 17.1 Å². The second-order valence-corrected chi connectivity index (χ2v) is 7.64. The minimum absolute atomic E-state index is 0.0435. The Morgan fingerprint density at radius 1 is 1.09 bits per heavy atom. The summed E-state index contributed by atoms with van der Waals surface area (Å²) >= 11 is 0. The first-order valence-corrected chi connectivity index (χ1v) is 10.4. The van der Waals surface area contributed by atoms with Crippen LogP contribution in [-0.4, -0.2) is 47.0 Å². The summed E-state index contributed by atoms with van der Waals surface area (Å²) in [4.78, 5) is 51.6. The SMILES string of the molecule is COc1ccc(CN2C(=O)c3ccccc3C2=O)cc1C(=O)OC(C)C(=O)Nc1cc(C)on1. The van der Waals surface area contributed by atoms with E-state index in [-0.39, 0.29) is 23.7 Å². The van der Waals surface area contributed by atoms with Crippen molar-refractivity contribution in [1.82, 2.24) is 10.1 Å². The van der Waals surface area contributed by atoms with E-state index in [9.17, 15) is 19.2 Å². The molecule has 0 spiro atoms. The molecule has 174 valence electrons. The van der Waals surface area contributed by atoms with Gasteiger partial charge in [0.25, 0.3) is 17.7 Å². The fraction of sp³-hybridized carbons (Fsp3) is 0.208. The number of aryl methyl sites for hydroxylation is 1. The molecule has 0 bridgehead atoms. The van der Waals surface area contributed by atoms with Crippen LogP contribution in [0.1, 0.15) is 49.3 Å². The van der Waals surface area contributed by atoms with E-state index in [1.807, 2.05) is 0 Å². The maximum Gasteiger partial charge on any atom is 0.342 e. The molecule has 10 heteroatoms. The topological polar surface area (TPSA) is 128 Å². The van der Waals surface area contributed by atoms with E-state index in [2.05, 4.69) is 10.5 Å². The van der Waals surface area contributed by atoms with Gasteiger partial charge in [0.05, 0.1) is 24.8 Å². The molecule has 0 radical (unpaired) electrons. The first-order chi connectivity index (χ1) is 16.3. The molecule has 3 amide bonds. The quantitative estimate of drug-likeness (QED) is 0.418. The van der Waals surface area contributed by atoms with Gasteiger partial charge in [0.15, 0.2) is 11.9 Å². The molecule has 2 aromatic carbocycles. The van der Waals surface area contributed by atoms with Crippen molar-refractivity contribution in [3.05, 3.63) is 76.5 Å². The van der Waals surface area contributed by atoms with E-state index in [4.69, 9.17) is 14.0 Å². The lowest BCUT2D eigenvalue weighted by atomic mass is 10.1. The number of hydrogen-bond acceptors (Lipinski definition) is 8. The van der Waals surface area contributed by atoms with Gasteiger partial charge in [-0.05, 0) is 43.7 Å². The van der Waals surface area contributed by atoms with Crippen LogP contribution in [0.3, 0.4) is 0 Å². The molecular weight excluding hydrogens is 442 g/mol. The van der Waals surface area contributed by atoms with E-state index in [1.54, 1.807) is 37.3 Å². The molecule has 1 N–H and O–H groups in total. The van der Waals surface area contributed by atoms with Crippen LogP contribution < -0.4 is 10.1 Å². The van der Waals surface area contributed by atoms with Crippen LogP contribution in [0.2, 0.25) is 0 Å². The zero-order valence-corrected chi connectivity index (χ0v) is 18.7. The average molecular weight is 463 g/mol. The number of fused-ring (bicyclic) bond motifs is 1. The number of rotatable bonds is 7. The van der Waals surface area contributed by atoms with Crippen molar-refractivity contribution in [2.24, 2.45) is 0 Å². The monoisotopic (exact) mass is 463 g/mol. The Kier molecular flexibility index (Phi) is 6.13. The van der Waals surface area contributed by atoms with Crippen molar-refractivity contribution in [3.8, 4) is 5.75 Å². The summed E-state index contributed by atoms with van der Waals surface area (Å²) in [5.74, 6) is -1.29. The number of ether oxygens (including phenoxy) is 2. The number of methoxy groups -OCH3 is 1. The smallest absolute Gasteiger partial charge is 0.342 e. The third-order valence-electron chi connectivity index (χ3n) is 5.23. The molecule has 3 aromatic rings. The second kappa shape index (κ2) is 9.18. The summed E-state index contributed by atoms with van der Waals surface area (Å²) in [6.45, 7) is 3.04. The van der Waals surface area contributed by atoms with Crippen LogP contribution in [-0.2, 0) is 16.1 Å². The van der Waals surface area contributed by atoms with Gasteiger partial charge in [-0.15, -0.1) is 0 Å². The van der Waals surface area contributed by atoms with E-state index in [0.717, 1.165) is 4.90 Å². The number of carbonyl (C=O) groups excluding carboxylic acids is 4. The van der Waals surface area contributed by atoms with Crippen LogP contribution in [0, 0.1) is 6.92 Å². The van der Waals surface area contributed by atoms with E-state index >= 15 is 0 Å². The molecule has 1 aliphatic rings. The van der Waals surface area contributed by atoms with E-state index in [1.165, 1.54) is 32.2 Å². The molecule has 1 aromatic heterocycles. The number of amides is 3. The third kappa shape index (κ3) is 4.38. The summed E-state index contributed by atoms with van der Waals surface area (Å²) in [5.41, 5.74) is 1.23. The van der Waals surface area contributed by atoms with Crippen molar-refractivity contribution >= 4 is 29.5 Å². The number of nitrogens with one attached hydrogen (secondary N) is 1. The van der Waals surface area contributed by atoms with Crippen molar-refractivity contribution in [3.63, 3.8) is 0 Å². The highest BCUT2D eigenvalue weighted by Gasteiger charge is 2.35. The molecule has 1 aliphatic heterocycles. The Hall–Kier alpha value is -4.47. The molecule has 4 rings (SSSR count). The van der Waals surface area contributed by atoms with E-state index in [0.29, 0.717) is 22.5 Å². The summed E-state index contributed by atoms with van der Waals surface area (Å²) in [5, 5.41) is 6.16. The van der Waals surface area contributed by atoms with Crippen LogP contribution in [0.25, 0.3) is 0 Å². The predicted octanol–water partition coefficient (Wildman–Crippen LogP) is 2.97. The molecule has 2 heterocycles. The fourth-order valence-corrected chi connectivity index (χ4v) is 3.51. The first kappa shape index (κ1) is 22.7. The number of benzene rings is 2. The Morgan fingerprint density at radius 2 is 1.76 bits per heavy atom. The highest BCUT2D eigenvalue weighted by Crippen LogP contribution is 2.27. The highest BCUT2D eigenvalue weighted by atomic mass is 16.5. The van der Waals surface area contributed by atoms with Gasteiger partial charge in [-0.1, -0.05) is 23.4 Å². The summed E-state index contributed by atoms with van der Waals surface area (Å²) in [6.07, 6.45) is -1.14. The molecule has 0 saturated heterocycles. The lowest BCUT2D eigenvalue weighted by Gasteiger charge is -2.17. The average Bonchev–Trinajstić information content (AvgIpc) is 3.35. The number of aromatic nitrogens is 1. The molecule has 10 nitrogen and oxygen atoms in total. The normalized spacial score (nSPS) is 13.4. The number of carbonyl (C=O) groups is 4. The van der Waals surface area contributed by atoms with Crippen molar-refractivity contribution in [2.75, 3.05) is 12.4 Å². The highest BCUT2D eigenvalue weighted by molar-refractivity contribution is 6.21. The van der Waals surface area contributed by atoms with Gasteiger partial charge >= 0.3 is 5.97 Å². The van der Waals surface area contributed by atoms with Crippen LogP contribution in [0.15, 0.2) is 53.1 Å². The second-order valence-electron chi connectivity index (χ2n) is 7.64. The molecular formula is C24H21N3O7. The molecule has 1 unspecified atom stereocenters.